The summed E-state index contributed by atoms with van der Waals surface area (Å²) in [4.78, 5) is 24.8. The highest BCUT2D eigenvalue weighted by Gasteiger charge is 2.15. The Morgan fingerprint density at radius 2 is 1.87 bits per heavy atom. The van der Waals surface area contributed by atoms with E-state index in [-0.39, 0.29) is 35.9 Å². The second-order valence-corrected chi connectivity index (χ2v) is 9.30. The van der Waals surface area contributed by atoms with E-state index in [0.717, 1.165) is 10.9 Å². The summed E-state index contributed by atoms with van der Waals surface area (Å²) in [5.41, 5.74) is 1.20. The lowest BCUT2D eigenvalue weighted by molar-refractivity contribution is -0.121. The second-order valence-electron chi connectivity index (χ2n) is 7.19. The summed E-state index contributed by atoms with van der Waals surface area (Å²) in [6, 6.07) is 13.5. The molecule has 1 aromatic heterocycles. The summed E-state index contributed by atoms with van der Waals surface area (Å²) >= 11 is 0. The third-order valence-corrected chi connectivity index (χ3v) is 6.93. The zero-order chi connectivity index (χ0) is 22.4. The van der Waals surface area contributed by atoms with Crippen LogP contribution in [-0.4, -0.2) is 33.7 Å². The summed E-state index contributed by atoms with van der Waals surface area (Å²) < 4.78 is 35.0. The van der Waals surface area contributed by atoms with E-state index < -0.39 is 15.5 Å². The van der Waals surface area contributed by atoms with Gasteiger partial charge in [-0.1, -0.05) is 18.2 Å². The van der Waals surface area contributed by atoms with E-state index in [0.29, 0.717) is 23.3 Å². The van der Waals surface area contributed by atoms with Gasteiger partial charge < -0.3 is 14.5 Å². The molecule has 0 aliphatic heterocycles. The molecular weight excluding hydrogens is 418 g/mol. The monoisotopic (exact) mass is 443 g/mol. The highest BCUT2D eigenvalue weighted by atomic mass is 32.2. The minimum absolute atomic E-state index is 0.0475. The van der Waals surface area contributed by atoms with Gasteiger partial charge in [0, 0.05) is 30.0 Å². The number of benzene rings is 2. The van der Waals surface area contributed by atoms with Crippen molar-refractivity contribution in [1.82, 2.24) is 5.32 Å². The number of carbonyl (C=O) groups is 1. The average Bonchev–Trinajstić information content (AvgIpc) is 2.76. The Morgan fingerprint density at radius 3 is 2.58 bits per heavy atom. The highest BCUT2D eigenvalue weighted by Crippen LogP contribution is 2.24. The van der Waals surface area contributed by atoms with Crippen LogP contribution in [0.2, 0.25) is 0 Å². The molecule has 0 bridgehead atoms. The molecule has 1 N–H and O–H groups in total. The van der Waals surface area contributed by atoms with E-state index >= 15 is 0 Å². The molecular formula is C23H25NO6S. The van der Waals surface area contributed by atoms with Gasteiger partial charge in [0.15, 0.2) is 9.84 Å². The summed E-state index contributed by atoms with van der Waals surface area (Å²) in [7, 11) is -1.83. The molecule has 0 unspecified atom stereocenters. The van der Waals surface area contributed by atoms with Gasteiger partial charge in [0.1, 0.15) is 11.3 Å². The number of fused-ring (bicyclic) bond motifs is 1. The van der Waals surface area contributed by atoms with Crippen molar-refractivity contribution in [3.05, 3.63) is 70.1 Å². The van der Waals surface area contributed by atoms with Gasteiger partial charge in [-0.2, -0.15) is 0 Å². The Balaban J connectivity index is 1.54. The van der Waals surface area contributed by atoms with Crippen LogP contribution in [0.4, 0.5) is 0 Å². The van der Waals surface area contributed by atoms with Crippen LogP contribution in [0.25, 0.3) is 11.0 Å². The van der Waals surface area contributed by atoms with Gasteiger partial charge >= 0.3 is 5.63 Å². The Kier molecular flexibility index (Phi) is 7.12. The fourth-order valence-corrected chi connectivity index (χ4v) is 4.69. The molecule has 3 aromatic rings. The van der Waals surface area contributed by atoms with Crippen molar-refractivity contribution in [3.63, 3.8) is 0 Å². The maximum atomic E-state index is 12.4. The normalized spacial score (nSPS) is 11.4. The number of carbonyl (C=O) groups excluding carboxylic acids is 1. The molecule has 31 heavy (non-hydrogen) atoms. The minimum Gasteiger partial charge on any atom is -0.497 e. The third kappa shape index (κ3) is 5.52. The largest absolute Gasteiger partial charge is 0.497 e. The number of hydrogen-bond acceptors (Lipinski definition) is 6. The first-order valence-corrected chi connectivity index (χ1v) is 11.6. The predicted octanol–water partition coefficient (Wildman–Crippen LogP) is 3.02. The van der Waals surface area contributed by atoms with Crippen LogP contribution in [-0.2, 0) is 21.1 Å². The number of nitrogens with one attached hydrogen (secondary N) is 1. The first kappa shape index (κ1) is 22.6. The van der Waals surface area contributed by atoms with Crippen LogP contribution < -0.4 is 15.7 Å². The molecule has 0 spiro atoms. The molecule has 164 valence electrons. The molecule has 0 atom stereocenters. The van der Waals surface area contributed by atoms with Crippen molar-refractivity contribution < 1.29 is 22.4 Å². The van der Waals surface area contributed by atoms with E-state index in [1.807, 2.05) is 13.0 Å². The number of amides is 1. The van der Waals surface area contributed by atoms with Gasteiger partial charge in [0.25, 0.3) is 0 Å². The highest BCUT2D eigenvalue weighted by molar-refractivity contribution is 7.91. The maximum Gasteiger partial charge on any atom is 0.339 e. The summed E-state index contributed by atoms with van der Waals surface area (Å²) in [6.45, 7) is 2.07. The van der Waals surface area contributed by atoms with Gasteiger partial charge in [-0.15, -0.1) is 0 Å². The van der Waals surface area contributed by atoms with E-state index in [4.69, 9.17) is 9.15 Å². The summed E-state index contributed by atoms with van der Waals surface area (Å²) in [5, 5.41) is 3.51. The van der Waals surface area contributed by atoms with E-state index in [9.17, 15) is 18.0 Å². The fraction of sp³-hybridized carbons (Fsp3) is 0.304. The molecule has 1 heterocycles. The molecule has 0 radical (unpaired) electrons. The maximum absolute atomic E-state index is 12.4. The SMILES string of the molecule is COc1ccc2c(C)c(CCC(=O)NCCCS(=O)(=O)c3ccccc3)c(=O)oc2c1. The quantitative estimate of drug-likeness (QED) is 0.403. The first-order chi connectivity index (χ1) is 14.8. The Morgan fingerprint density at radius 1 is 1.13 bits per heavy atom. The molecule has 8 heteroatoms. The molecule has 2 aromatic carbocycles. The molecule has 7 nitrogen and oxygen atoms in total. The molecule has 0 fully saturated rings. The van der Waals surface area contributed by atoms with Crippen LogP contribution >= 0.6 is 0 Å². The zero-order valence-electron chi connectivity index (χ0n) is 17.5. The van der Waals surface area contributed by atoms with Gasteiger partial charge in [-0.25, -0.2) is 13.2 Å². The van der Waals surface area contributed by atoms with Crippen molar-refractivity contribution in [2.75, 3.05) is 19.4 Å². The lowest BCUT2D eigenvalue weighted by Gasteiger charge is -2.09. The molecule has 0 aliphatic carbocycles. The van der Waals surface area contributed by atoms with E-state index in [1.165, 1.54) is 7.11 Å². The molecule has 0 saturated heterocycles. The van der Waals surface area contributed by atoms with Crippen LogP contribution in [0.5, 0.6) is 5.75 Å². The number of aryl methyl sites for hydroxylation is 1. The summed E-state index contributed by atoms with van der Waals surface area (Å²) in [5.74, 6) is 0.302. The lowest BCUT2D eigenvalue weighted by atomic mass is 10.0. The Bertz CT molecular complexity index is 1230. The van der Waals surface area contributed by atoms with Gasteiger partial charge in [0.05, 0.1) is 17.8 Å². The number of sulfone groups is 1. The number of rotatable bonds is 9. The van der Waals surface area contributed by atoms with Gasteiger partial charge in [-0.05, 0) is 49.6 Å². The van der Waals surface area contributed by atoms with Crippen molar-refractivity contribution >= 4 is 26.7 Å². The van der Waals surface area contributed by atoms with Crippen LogP contribution in [0, 0.1) is 6.92 Å². The molecule has 0 aliphatic rings. The molecule has 3 rings (SSSR count). The number of hydrogen-bond donors (Lipinski definition) is 1. The van der Waals surface area contributed by atoms with Gasteiger partial charge in [-0.3, -0.25) is 4.79 Å². The topological polar surface area (TPSA) is 103 Å². The smallest absolute Gasteiger partial charge is 0.339 e. The standard InChI is InChI=1S/C23H25NO6S/c1-16-19-10-9-17(29-2)15-21(19)30-23(26)20(16)11-12-22(25)24-13-6-14-31(27,28)18-7-4-3-5-8-18/h3-5,7-10,15H,6,11-14H2,1-2H3,(H,24,25). The summed E-state index contributed by atoms with van der Waals surface area (Å²) in [6.07, 6.45) is 0.658. The van der Waals surface area contributed by atoms with Crippen molar-refractivity contribution in [1.29, 1.82) is 0 Å². The van der Waals surface area contributed by atoms with Crippen molar-refractivity contribution in [3.8, 4) is 5.75 Å². The minimum atomic E-state index is -3.36. The molecule has 1 amide bonds. The average molecular weight is 444 g/mol. The van der Waals surface area contributed by atoms with Crippen molar-refractivity contribution in [2.24, 2.45) is 0 Å². The van der Waals surface area contributed by atoms with Crippen LogP contribution in [0.15, 0.2) is 62.6 Å². The van der Waals surface area contributed by atoms with Crippen LogP contribution in [0.3, 0.4) is 0 Å². The fourth-order valence-electron chi connectivity index (χ4n) is 3.35. The third-order valence-electron chi connectivity index (χ3n) is 5.11. The number of ether oxygens (including phenoxy) is 1. The zero-order valence-corrected chi connectivity index (χ0v) is 18.3. The Labute approximate surface area is 181 Å². The number of methoxy groups -OCH3 is 1. The van der Waals surface area contributed by atoms with Gasteiger partial charge in [0.2, 0.25) is 5.91 Å². The van der Waals surface area contributed by atoms with Crippen LogP contribution in [0.1, 0.15) is 24.0 Å². The first-order valence-electron chi connectivity index (χ1n) is 9.96. The Hall–Kier alpha value is -3.13. The molecule has 0 saturated carbocycles. The van der Waals surface area contributed by atoms with E-state index in [1.54, 1.807) is 42.5 Å². The predicted molar refractivity (Wildman–Crippen MR) is 118 cm³/mol. The second kappa shape index (κ2) is 9.78. The lowest BCUT2D eigenvalue weighted by Crippen LogP contribution is -2.27. The van der Waals surface area contributed by atoms with Crippen molar-refractivity contribution in [2.45, 2.75) is 31.1 Å². The van der Waals surface area contributed by atoms with E-state index in [2.05, 4.69) is 5.32 Å².